The molecule has 2 aromatic carbocycles. The molecule has 5 nitrogen and oxygen atoms in total. The zero-order chi connectivity index (χ0) is 16.8. The number of hydrogen-bond acceptors (Lipinski definition) is 4. The molecular formula is C19H18N2O3. The molecular weight excluding hydrogens is 304 g/mol. The summed E-state index contributed by atoms with van der Waals surface area (Å²) in [6.07, 6.45) is -0.0983. The van der Waals surface area contributed by atoms with Crippen LogP contribution in [0.25, 0.3) is 0 Å². The molecule has 2 aromatic rings. The minimum Gasteiger partial charge on any atom is -0.484 e. The number of hydrogen-bond donors (Lipinski definition) is 0. The quantitative estimate of drug-likeness (QED) is 0.868. The molecule has 5 heteroatoms. The first-order valence-electron chi connectivity index (χ1n) is 7.83. The molecule has 0 saturated carbocycles. The number of rotatable bonds is 4. The molecule has 0 radical (unpaired) electrons. The molecule has 1 aliphatic rings. The van der Waals surface area contributed by atoms with Crippen LogP contribution in [0.4, 0.5) is 0 Å². The van der Waals surface area contributed by atoms with Crippen molar-refractivity contribution in [3.05, 3.63) is 65.7 Å². The molecule has 1 saturated heterocycles. The van der Waals surface area contributed by atoms with Gasteiger partial charge in [0.1, 0.15) is 11.9 Å². The van der Waals surface area contributed by atoms with E-state index in [0.29, 0.717) is 31.0 Å². The molecule has 1 aliphatic heterocycles. The van der Waals surface area contributed by atoms with E-state index in [1.165, 1.54) is 0 Å². The number of amides is 1. The third-order valence-corrected chi connectivity index (χ3v) is 3.94. The molecule has 1 heterocycles. The van der Waals surface area contributed by atoms with Gasteiger partial charge in [0.25, 0.3) is 5.91 Å². The Labute approximate surface area is 141 Å². The van der Waals surface area contributed by atoms with Gasteiger partial charge in [-0.1, -0.05) is 30.3 Å². The zero-order valence-corrected chi connectivity index (χ0v) is 13.2. The fourth-order valence-electron chi connectivity index (χ4n) is 2.61. The van der Waals surface area contributed by atoms with Crippen molar-refractivity contribution < 1.29 is 14.3 Å². The van der Waals surface area contributed by atoms with E-state index in [4.69, 9.17) is 14.7 Å². The van der Waals surface area contributed by atoms with Crippen LogP contribution in [0, 0.1) is 11.3 Å². The van der Waals surface area contributed by atoms with Crippen LogP contribution in [0.1, 0.15) is 17.2 Å². The molecule has 1 amide bonds. The molecule has 0 unspecified atom stereocenters. The number of benzene rings is 2. The van der Waals surface area contributed by atoms with Gasteiger partial charge in [0.05, 0.1) is 24.8 Å². The first-order valence-corrected chi connectivity index (χ1v) is 7.83. The van der Waals surface area contributed by atoms with Gasteiger partial charge in [-0.25, -0.2) is 0 Å². The van der Waals surface area contributed by atoms with Crippen LogP contribution in [-0.2, 0) is 9.53 Å². The van der Waals surface area contributed by atoms with Crippen molar-refractivity contribution in [1.82, 2.24) is 4.90 Å². The molecule has 1 atom stereocenters. The molecule has 0 N–H and O–H groups in total. The Kier molecular flexibility index (Phi) is 5.09. The van der Waals surface area contributed by atoms with Crippen molar-refractivity contribution >= 4 is 5.91 Å². The SMILES string of the molecule is N#Cc1ccc(OCC(=O)N2CCO[C@@H](c3ccccc3)C2)cc1. The van der Waals surface area contributed by atoms with Crippen LogP contribution in [-0.4, -0.2) is 37.1 Å². The predicted octanol–water partition coefficient (Wildman–Crippen LogP) is 2.54. The summed E-state index contributed by atoms with van der Waals surface area (Å²) in [5.74, 6) is 0.513. The lowest BCUT2D eigenvalue weighted by Gasteiger charge is -2.33. The van der Waals surface area contributed by atoms with E-state index in [2.05, 4.69) is 0 Å². The summed E-state index contributed by atoms with van der Waals surface area (Å²) >= 11 is 0. The lowest BCUT2D eigenvalue weighted by Crippen LogP contribution is -2.44. The van der Waals surface area contributed by atoms with E-state index in [-0.39, 0.29) is 18.6 Å². The molecule has 0 aromatic heterocycles. The highest BCUT2D eigenvalue weighted by molar-refractivity contribution is 5.78. The van der Waals surface area contributed by atoms with Gasteiger partial charge < -0.3 is 14.4 Å². The van der Waals surface area contributed by atoms with Gasteiger partial charge in [0.2, 0.25) is 0 Å². The third-order valence-electron chi connectivity index (χ3n) is 3.94. The average molecular weight is 322 g/mol. The highest BCUT2D eigenvalue weighted by Gasteiger charge is 2.25. The second-order valence-corrected chi connectivity index (χ2v) is 5.53. The van der Waals surface area contributed by atoms with E-state index in [1.807, 2.05) is 36.4 Å². The first kappa shape index (κ1) is 16.0. The van der Waals surface area contributed by atoms with Crippen LogP contribution < -0.4 is 4.74 Å². The summed E-state index contributed by atoms with van der Waals surface area (Å²) in [5, 5.41) is 8.77. The number of carbonyl (C=O) groups is 1. The van der Waals surface area contributed by atoms with Crippen molar-refractivity contribution in [3.63, 3.8) is 0 Å². The largest absolute Gasteiger partial charge is 0.484 e. The first-order chi connectivity index (χ1) is 11.8. The number of nitriles is 1. The zero-order valence-electron chi connectivity index (χ0n) is 13.2. The molecule has 24 heavy (non-hydrogen) atoms. The number of carbonyl (C=O) groups excluding carboxylic acids is 1. The fourth-order valence-corrected chi connectivity index (χ4v) is 2.61. The lowest BCUT2D eigenvalue weighted by atomic mass is 10.1. The minimum atomic E-state index is -0.0983. The maximum atomic E-state index is 12.4. The normalized spacial score (nSPS) is 17.1. The molecule has 1 fully saturated rings. The highest BCUT2D eigenvalue weighted by atomic mass is 16.5. The van der Waals surface area contributed by atoms with Crippen LogP contribution >= 0.6 is 0 Å². The van der Waals surface area contributed by atoms with E-state index < -0.39 is 0 Å². The van der Waals surface area contributed by atoms with Crippen molar-refractivity contribution in [1.29, 1.82) is 5.26 Å². The monoisotopic (exact) mass is 322 g/mol. The second-order valence-electron chi connectivity index (χ2n) is 5.53. The van der Waals surface area contributed by atoms with Gasteiger partial charge in [-0.2, -0.15) is 5.26 Å². The smallest absolute Gasteiger partial charge is 0.260 e. The third kappa shape index (κ3) is 3.92. The van der Waals surface area contributed by atoms with Gasteiger partial charge in [-0.3, -0.25) is 4.79 Å². The number of nitrogens with zero attached hydrogens (tertiary/aromatic N) is 2. The summed E-state index contributed by atoms with van der Waals surface area (Å²) in [6.45, 7) is 1.59. The molecule has 0 bridgehead atoms. The fraction of sp³-hybridized carbons (Fsp3) is 0.263. The number of morpholine rings is 1. The summed E-state index contributed by atoms with van der Waals surface area (Å²) < 4.78 is 11.3. The Bertz CT molecular complexity index is 723. The maximum absolute atomic E-state index is 12.4. The van der Waals surface area contributed by atoms with Crippen LogP contribution in [0.15, 0.2) is 54.6 Å². The van der Waals surface area contributed by atoms with Gasteiger partial charge in [0, 0.05) is 6.54 Å². The van der Waals surface area contributed by atoms with Gasteiger partial charge >= 0.3 is 0 Å². The molecule has 122 valence electrons. The van der Waals surface area contributed by atoms with Crippen molar-refractivity contribution in [2.45, 2.75) is 6.10 Å². The van der Waals surface area contributed by atoms with Crippen molar-refractivity contribution in [2.24, 2.45) is 0 Å². The summed E-state index contributed by atoms with van der Waals surface area (Å²) in [5.41, 5.74) is 1.63. The standard InChI is InChI=1S/C19H18N2O3/c20-12-15-6-8-17(9-7-15)24-14-19(22)21-10-11-23-18(13-21)16-4-2-1-3-5-16/h1-9,18H,10-11,13-14H2/t18-/m1/s1. The molecule has 0 spiro atoms. The maximum Gasteiger partial charge on any atom is 0.260 e. The van der Waals surface area contributed by atoms with Crippen LogP contribution in [0.5, 0.6) is 5.75 Å². The van der Waals surface area contributed by atoms with Crippen molar-refractivity contribution in [2.75, 3.05) is 26.3 Å². The Morgan fingerprint density at radius 3 is 2.67 bits per heavy atom. The topological polar surface area (TPSA) is 62.6 Å². The van der Waals surface area contributed by atoms with Crippen LogP contribution in [0.2, 0.25) is 0 Å². The Hall–Kier alpha value is -2.84. The Balaban J connectivity index is 1.55. The summed E-state index contributed by atoms with van der Waals surface area (Å²) in [6, 6.07) is 18.7. The van der Waals surface area contributed by atoms with E-state index in [9.17, 15) is 4.79 Å². The molecule has 3 rings (SSSR count). The Morgan fingerprint density at radius 1 is 1.21 bits per heavy atom. The van der Waals surface area contributed by atoms with Crippen molar-refractivity contribution in [3.8, 4) is 11.8 Å². The Morgan fingerprint density at radius 2 is 1.96 bits per heavy atom. The predicted molar refractivity (Wildman–Crippen MR) is 88.4 cm³/mol. The molecule has 0 aliphatic carbocycles. The van der Waals surface area contributed by atoms with E-state index in [0.717, 1.165) is 5.56 Å². The van der Waals surface area contributed by atoms with E-state index in [1.54, 1.807) is 29.2 Å². The van der Waals surface area contributed by atoms with E-state index >= 15 is 0 Å². The van der Waals surface area contributed by atoms with Gasteiger partial charge in [-0.05, 0) is 29.8 Å². The summed E-state index contributed by atoms with van der Waals surface area (Å²) in [4.78, 5) is 14.1. The second kappa shape index (κ2) is 7.62. The summed E-state index contributed by atoms with van der Waals surface area (Å²) in [7, 11) is 0. The minimum absolute atomic E-state index is 0.0204. The highest BCUT2D eigenvalue weighted by Crippen LogP contribution is 2.22. The van der Waals surface area contributed by atoms with Gasteiger partial charge in [0.15, 0.2) is 6.61 Å². The van der Waals surface area contributed by atoms with Crippen LogP contribution in [0.3, 0.4) is 0 Å². The number of ether oxygens (including phenoxy) is 2. The average Bonchev–Trinajstić information content (AvgIpc) is 2.67. The van der Waals surface area contributed by atoms with Gasteiger partial charge in [-0.15, -0.1) is 0 Å². The lowest BCUT2D eigenvalue weighted by molar-refractivity contribution is -0.141.